The molecule has 2 aromatic rings. The van der Waals surface area contributed by atoms with E-state index in [2.05, 4.69) is 6.07 Å². The Kier molecular flexibility index (Phi) is 4.57. The zero-order chi connectivity index (χ0) is 15.2. The van der Waals surface area contributed by atoms with Crippen LogP contribution in [0.5, 0.6) is 5.75 Å². The summed E-state index contributed by atoms with van der Waals surface area (Å²) in [4.78, 5) is 14.0. The Morgan fingerprint density at radius 2 is 1.76 bits per heavy atom. The number of nitriles is 1. The van der Waals surface area contributed by atoms with Gasteiger partial charge in [0.15, 0.2) is 5.92 Å². The second-order valence-corrected chi connectivity index (χ2v) is 4.57. The molecule has 0 bridgehead atoms. The fourth-order valence-electron chi connectivity index (χ4n) is 2.04. The Labute approximate surface area is 124 Å². The van der Waals surface area contributed by atoms with Crippen LogP contribution >= 0.6 is 0 Å². The monoisotopic (exact) mass is 280 g/mol. The summed E-state index contributed by atoms with van der Waals surface area (Å²) in [7, 11) is 3.25. The first-order valence-corrected chi connectivity index (χ1v) is 6.53. The van der Waals surface area contributed by atoms with Crippen molar-refractivity contribution in [1.82, 2.24) is 0 Å². The molecule has 0 aliphatic heterocycles. The first-order valence-electron chi connectivity index (χ1n) is 6.53. The molecule has 0 fully saturated rings. The van der Waals surface area contributed by atoms with E-state index in [9.17, 15) is 10.1 Å². The topological polar surface area (TPSA) is 53.3 Å². The van der Waals surface area contributed by atoms with E-state index in [0.717, 1.165) is 11.4 Å². The number of carbonyl (C=O) groups is 1. The average Bonchev–Trinajstić information content (AvgIpc) is 2.56. The van der Waals surface area contributed by atoms with E-state index in [-0.39, 0.29) is 5.91 Å². The van der Waals surface area contributed by atoms with Crippen LogP contribution in [0, 0.1) is 11.3 Å². The Morgan fingerprint density at radius 3 is 2.29 bits per heavy atom. The van der Waals surface area contributed by atoms with E-state index in [1.54, 1.807) is 50.6 Å². The van der Waals surface area contributed by atoms with Crippen LogP contribution in [0.4, 0.5) is 5.69 Å². The summed E-state index contributed by atoms with van der Waals surface area (Å²) in [6.07, 6.45) is 0. The van der Waals surface area contributed by atoms with Gasteiger partial charge in [-0.1, -0.05) is 30.3 Å². The van der Waals surface area contributed by atoms with Crippen LogP contribution < -0.4 is 9.64 Å². The molecule has 1 atom stereocenters. The van der Waals surface area contributed by atoms with E-state index in [0.29, 0.717) is 5.56 Å². The van der Waals surface area contributed by atoms with Gasteiger partial charge in [-0.15, -0.1) is 0 Å². The third-order valence-corrected chi connectivity index (χ3v) is 3.30. The second-order valence-electron chi connectivity index (χ2n) is 4.57. The van der Waals surface area contributed by atoms with Crippen molar-refractivity contribution in [1.29, 1.82) is 5.26 Å². The van der Waals surface area contributed by atoms with Gasteiger partial charge in [0.05, 0.1) is 13.2 Å². The molecule has 0 aliphatic carbocycles. The molecule has 4 heteroatoms. The minimum Gasteiger partial charge on any atom is -0.497 e. The standard InChI is InChI=1S/C17H16N2O2/c1-19(14-8-10-15(21-2)11-9-14)17(20)16(12-18)13-6-4-3-5-7-13/h3-11,16H,1-2H3. The van der Waals surface area contributed by atoms with Gasteiger partial charge in [-0.3, -0.25) is 4.79 Å². The van der Waals surface area contributed by atoms with Crippen molar-refractivity contribution in [3.05, 3.63) is 60.2 Å². The van der Waals surface area contributed by atoms with E-state index in [4.69, 9.17) is 4.74 Å². The lowest BCUT2D eigenvalue weighted by Gasteiger charge is -2.20. The molecule has 1 amide bonds. The van der Waals surface area contributed by atoms with E-state index >= 15 is 0 Å². The second kappa shape index (κ2) is 6.58. The molecule has 2 rings (SSSR count). The third-order valence-electron chi connectivity index (χ3n) is 3.30. The van der Waals surface area contributed by atoms with Crippen molar-refractivity contribution < 1.29 is 9.53 Å². The Morgan fingerprint density at radius 1 is 1.14 bits per heavy atom. The molecule has 0 radical (unpaired) electrons. The highest BCUT2D eigenvalue weighted by molar-refractivity contribution is 5.99. The van der Waals surface area contributed by atoms with E-state index < -0.39 is 5.92 Å². The van der Waals surface area contributed by atoms with Gasteiger partial charge in [0.2, 0.25) is 5.91 Å². The van der Waals surface area contributed by atoms with Gasteiger partial charge >= 0.3 is 0 Å². The van der Waals surface area contributed by atoms with Crippen LogP contribution in [0.15, 0.2) is 54.6 Å². The first-order chi connectivity index (χ1) is 10.2. The van der Waals surface area contributed by atoms with Crippen LogP contribution in [0.25, 0.3) is 0 Å². The molecule has 2 aromatic carbocycles. The van der Waals surface area contributed by atoms with Gasteiger partial charge in [-0.05, 0) is 29.8 Å². The number of nitrogens with zero attached hydrogens (tertiary/aromatic N) is 2. The largest absolute Gasteiger partial charge is 0.497 e. The van der Waals surface area contributed by atoms with Crippen LogP contribution in [0.3, 0.4) is 0 Å². The summed E-state index contributed by atoms with van der Waals surface area (Å²) in [5.41, 5.74) is 1.42. The van der Waals surface area contributed by atoms with Crippen molar-refractivity contribution in [2.24, 2.45) is 0 Å². The lowest BCUT2D eigenvalue weighted by Crippen LogP contribution is -2.31. The highest BCUT2D eigenvalue weighted by atomic mass is 16.5. The summed E-state index contributed by atoms with van der Waals surface area (Å²) in [6, 6.07) is 18.3. The number of methoxy groups -OCH3 is 1. The lowest BCUT2D eigenvalue weighted by atomic mass is 9.99. The van der Waals surface area contributed by atoms with Gasteiger partial charge in [0, 0.05) is 12.7 Å². The maximum Gasteiger partial charge on any atom is 0.248 e. The molecule has 106 valence electrons. The predicted molar refractivity (Wildman–Crippen MR) is 81.2 cm³/mol. The van der Waals surface area contributed by atoms with Crippen molar-refractivity contribution in [2.75, 3.05) is 19.1 Å². The molecule has 4 nitrogen and oxygen atoms in total. The number of hydrogen-bond donors (Lipinski definition) is 0. The molecule has 0 aromatic heterocycles. The van der Waals surface area contributed by atoms with E-state index in [1.165, 1.54) is 4.90 Å². The molecule has 1 unspecified atom stereocenters. The molecular formula is C17H16N2O2. The molecular weight excluding hydrogens is 264 g/mol. The van der Waals surface area contributed by atoms with Gasteiger partial charge in [-0.25, -0.2) is 0 Å². The lowest BCUT2D eigenvalue weighted by molar-refractivity contribution is -0.118. The maximum atomic E-state index is 12.5. The number of amides is 1. The Balaban J connectivity index is 2.23. The molecule has 0 aliphatic rings. The van der Waals surface area contributed by atoms with Crippen molar-refractivity contribution in [2.45, 2.75) is 5.92 Å². The van der Waals surface area contributed by atoms with Crippen LogP contribution in [0.1, 0.15) is 11.5 Å². The summed E-state index contributed by atoms with van der Waals surface area (Å²) in [5, 5.41) is 9.31. The summed E-state index contributed by atoms with van der Waals surface area (Å²) < 4.78 is 5.09. The van der Waals surface area contributed by atoms with Crippen molar-refractivity contribution in [3.8, 4) is 11.8 Å². The number of likely N-dealkylation sites (N-methyl/N-ethyl adjacent to an activating group) is 1. The van der Waals surface area contributed by atoms with Crippen molar-refractivity contribution >= 4 is 11.6 Å². The fraction of sp³-hybridized carbons (Fsp3) is 0.176. The zero-order valence-electron chi connectivity index (χ0n) is 12.0. The number of hydrogen-bond acceptors (Lipinski definition) is 3. The molecule has 0 spiro atoms. The number of benzene rings is 2. The number of ether oxygens (including phenoxy) is 1. The predicted octanol–water partition coefficient (Wildman–Crippen LogP) is 2.97. The normalized spacial score (nSPS) is 11.3. The minimum atomic E-state index is -0.807. The number of rotatable bonds is 4. The van der Waals surface area contributed by atoms with Crippen molar-refractivity contribution in [3.63, 3.8) is 0 Å². The highest BCUT2D eigenvalue weighted by Gasteiger charge is 2.24. The first kappa shape index (κ1) is 14.6. The van der Waals surface area contributed by atoms with Gasteiger partial charge in [0.25, 0.3) is 0 Å². The number of carbonyl (C=O) groups excluding carboxylic acids is 1. The quantitative estimate of drug-likeness (QED) is 0.865. The molecule has 0 saturated carbocycles. The van der Waals surface area contributed by atoms with Crippen LogP contribution in [0.2, 0.25) is 0 Å². The van der Waals surface area contributed by atoms with Crippen LogP contribution in [-0.4, -0.2) is 20.1 Å². The smallest absolute Gasteiger partial charge is 0.248 e. The zero-order valence-corrected chi connectivity index (χ0v) is 12.0. The fourth-order valence-corrected chi connectivity index (χ4v) is 2.04. The summed E-state index contributed by atoms with van der Waals surface area (Å²) in [6.45, 7) is 0. The Hall–Kier alpha value is -2.80. The molecule has 0 saturated heterocycles. The van der Waals surface area contributed by atoms with Gasteiger partial charge in [-0.2, -0.15) is 5.26 Å². The summed E-state index contributed by atoms with van der Waals surface area (Å²) in [5.74, 6) is -0.341. The van der Waals surface area contributed by atoms with E-state index in [1.807, 2.05) is 18.2 Å². The third kappa shape index (κ3) is 3.21. The van der Waals surface area contributed by atoms with Gasteiger partial charge < -0.3 is 9.64 Å². The summed E-state index contributed by atoms with van der Waals surface area (Å²) >= 11 is 0. The molecule has 21 heavy (non-hydrogen) atoms. The molecule has 0 heterocycles. The number of anilines is 1. The minimum absolute atomic E-state index is 0.256. The maximum absolute atomic E-state index is 12.5. The highest BCUT2D eigenvalue weighted by Crippen LogP contribution is 2.23. The average molecular weight is 280 g/mol. The SMILES string of the molecule is COc1ccc(N(C)C(=O)C(C#N)c2ccccc2)cc1. The Bertz CT molecular complexity index is 645. The molecule has 0 N–H and O–H groups in total. The van der Waals surface area contributed by atoms with Crippen LogP contribution in [-0.2, 0) is 4.79 Å². The van der Waals surface area contributed by atoms with Gasteiger partial charge in [0.1, 0.15) is 5.75 Å².